The fourth-order valence-corrected chi connectivity index (χ4v) is 4.55. The molecule has 1 N–H and O–H groups in total. The van der Waals surface area contributed by atoms with Crippen molar-refractivity contribution in [1.29, 1.82) is 0 Å². The molecule has 9 heteroatoms. The molecular formula is C26H22N2O5S2. The summed E-state index contributed by atoms with van der Waals surface area (Å²) in [6.45, 7) is -0.133. The maximum atomic E-state index is 12.9. The molecule has 0 unspecified atom stereocenters. The summed E-state index contributed by atoms with van der Waals surface area (Å²) < 4.78 is 16.3. The van der Waals surface area contributed by atoms with Gasteiger partial charge in [0.25, 0.3) is 11.8 Å². The lowest BCUT2D eigenvalue weighted by Crippen LogP contribution is -2.27. The van der Waals surface area contributed by atoms with Gasteiger partial charge in [-0.2, -0.15) is 0 Å². The molecule has 1 aliphatic heterocycles. The van der Waals surface area contributed by atoms with Crippen LogP contribution in [0.5, 0.6) is 17.2 Å². The highest BCUT2D eigenvalue weighted by molar-refractivity contribution is 8.27. The van der Waals surface area contributed by atoms with Gasteiger partial charge in [-0.3, -0.25) is 14.5 Å². The number of nitrogens with zero attached hydrogens (tertiary/aromatic N) is 1. The summed E-state index contributed by atoms with van der Waals surface area (Å²) in [5.41, 5.74) is 2.16. The van der Waals surface area contributed by atoms with Crippen LogP contribution in [0.4, 0.5) is 11.4 Å². The summed E-state index contributed by atoms with van der Waals surface area (Å²) in [5, 5.41) is 2.76. The zero-order valence-corrected chi connectivity index (χ0v) is 20.7. The molecule has 0 aromatic heterocycles. The van der Waals surface area contributed by atoms with Crippen LogP contribution >= 0.6 is 24.0 Å². The van der Waals surface area contributed by atoms with E-state index in [1.165, 1.54) is 16.7 Å². The van der Waals surface area contributed by atoms with Crippen molar-refractivity contribution in [2.45, 2.75) is 0 Å². The van der Waals surface area contributed by atoms with Crippen molar-refractivity contribution in [1.82, 2.24) is 0 Å². The fraction of sp³-hybridized carbons (Fsp3) is 0.115. The van der Waals surface area contributed by atoms with Gasteiger partial charge in [0.1, 0.15) is 17.2 Å². The molecule has 1 heterocycles. The summed E-state index contributed by atoms with van der Waals surface area (Å²) >= 11 is 6.67. The van der Waals surface area contributed by atoms with Crippen molar-refractivity contribution in [3.63, 3.8) is 0 Å². The molecule has 35 heavy (non-hydrogen) atoms. The lowest BCUT2D eigenvalue weighted by Gasteiger charge is -2.14. The highest BCUT2D eigenvalue weighted by Gasteiger charge is 2.33. The van der Waals surface area contributed by atoms with Crippen molar-refractivity contribution >= 4 is 57.6 Å². The number of anilines is 2. The SMILES string of the molecule is COc1ccc(NC(=O)COc2ccc(/C=C3\SC(=S)N(c4ccc(OC)cc4)C3=O)cc2)cc1. The second-order valence-electron chi connectivity index (χ2n) is 7.35. The highest BCUT2D eigenvalue weighted by Crippen LogP contribution is 2.36. The van der Waals surface area contributed by atoms with E-state index < -0.39 is 0 Å². The Kier molecular flexibility index (Phi) is 7.69. The first-order chi connectivity index (χ1) is 17.0. The molecule has 4 rings (SSSR count). The number of thioether (sulfide) groups is 1. The van der Waals surface area contributed by atoms with Crippen LogP contribution in [-0.4, -0.2) is 37.0 Å². The Morgan fingerprint density at radius 2 is 1.49 bits per heavy atom. The molecule has 7 nitrogen and oxygen atoms in total. The third-order valence-electron chi connectivity index (χ3n) is 5.05. The second-order valence-corrected chi connectivity index (χ2v) is 9.03. The Morgan fingerprint density at radius 1 is 0.914 bits per heavy atom. The van der Waals surface area contributed by atoms with Crippen molar-refractivity contribution in [3.8, 4) is 17.2 Å². The molecule has 0 bridgehead atoms. The van der Waals surface area contributed by atoms with Gasteiger partial charge in [0.05, 0.1) is 24.8 Å². The maximum Gasteiger partial charge on any atom is 0.270 e. The van der Waals surface area contributed by atoms with E-state index >= 15 is 0 Å². The van der Waals surface area contributed by atoms with Crippen LogP contribution in [0.1, 0.15) is 5.56 Å². The minimum atomic E-state index is -0.276. The smallest absolute Gasteiger partial charge is 0.270 e. The van der Waals surface area contributed by atoms with Crippen LogP contribution in [0, 0.1) is 0 Å². The zero-order valence-electron chi connectivity index (χ0n) is 19.0. The summed E-state index contributed by atoms with van der Waals surface area (Å²) in [6.07, 6.45) is 1.78. The standard InChI is InChI=1S/C26H22N2O5S2/c1-31-20-11-5-18(6-12-20)27-24(29)16-33-22-9-3-17(4-10-22)15-23-25(30)28(26(34)35-23)19-7-13-21(32-2)14-8-19/h3-15H,16H2,1-2H3,(H,27,29)/b23-15-. The van der Waals surface area contributed by atoms with E-state index in [0.717, 1.165) is 5.56 Å². The van der Waals surface area contributed by atoms with Gasteiger partial charge in [-0.05, 0) is 72.3 Å². The molecule has 178 valence electrons. The van der Waals surface area contributed by atoms with Gasteiger partial charge in [0.15, 0.2) is 10.9 Å². The molecule has 0 saturated carbocycles. The number of amides is 2. The van der Waals surface area contributed by atoms with Gasteiger partial charge >= 0.3 is 0 Å². The van der Waals surface area contributed by atoms with Gasteiger partial charge in [-0.15, -0.1) is 0 Å². The van der Waals surface area contributed by atoms with Crippen LogP contribution in [-0.2, 0) is 9.59 Å². The highest BCUT2D eigenvalue weighted by atomic mass is 32.2. The number of rotatable bonds is 8. The van der Waals surface area contributed by atoms with E-state index in [9.17, 15) is 9.59 Å². The second kappa shape index (κ2) is 11.1. The summed E-state index contributed by atoms with van der Waals surface area (Å²) in [5.74, 6) is 1.50. The number of nitrogens with one attached hydrogen (secondary N) is 1. The first-order valence-corrected chi connectivity index (χ1v) is 11.8. The maximum absolute atomic E-state index is 12.9. The number of carbonyl (C=O) groups is 2. The van der Waals surface area contributed by atoms with Gasteiger partial charge in [0, 0.05) is 5.69 Å². The Balaban J connectivity index is 1.34. The van der Waals surface area contributed by atoms with E-state index in [4.69, 9.17) is 26.4 Å². The summed E-state index contributed by atoms with van der Waals surface area (Å²) in [6, 6.07) is 21.3. The largest absolute Gasteiger partial charge is 0.497 e. The number of carbonyl (C=O) groups excluding carboxylic acids is 2. The molecule has 0 atom stereocenters. The van der Waals surface area contributed by atoms with Crippen LogP contribution in [0.25, 0.3) is 6.08 Å². The monoisotopic (exact) mass is 506 g/mol. The number of methoxy groups -OCH3 is 2. The molecule has 1 saturated heterocycles. The van der Waals surface area contributed by atoms with Gasteiger partial charge < -0.3 is 19.5 Å². The van der Waals surface area contributed by atoms with Crippen LogP contribution < -0.4 is 24.4 Å². The van der Waals surface area contributed by atoms with Gasteiger partial charge in [-0.1, -0.05) is 36.1 Å². The average Bonchev–Trinajstić information content (AvgIpc) is 3.16. The Labute approximate surface area is 212 Å². The van der Waals surface area contributed by atoms with E-state index in [1.54, 1.807) is 81.0 Å². The van der Waals surface area contributed by atoms with Crippen molar-refractivity contribution < 1.29 is 23.8 Å². The van der Waals surface area contributed by atoms with E-state index in [0.29, 0.717) is 37.8 Å². The normalized spacial score (nSPS) is 14.2. The quantitative estimate of drug-likeness (QED) is 0.335. The predicted molar refractivity (Wildman–Crippen MR) is 142 cm³/mol. The van der Waals surface area contributed by atoms with E-state index in [2.05, 4.69) is 5.32 Å². The van der Waals surface area contributed by atoms with Crippen molar-refractivity contribution in [2.75, 3.05) is 31.0 Å². The fourth-order valence-electron chi connectivity index (χ4n) is 3.25. The number of benzene rings is 3. The molecule has 0 radical (unpaired) electrons. The third-order valence-corrected chi connectivity index (χ3v) is 6.35. The molecular weight excluding hydrogens is 484 g/mol. The first-order valence-electron chi connectivity index (χ1n) is 10.6. The van der Waals surface area contributed by atoms with Gasteiger partial charge in [0.2, 0.25) is 0 Å². The van der Waals surface area contributed by atoms with E-state index in [-0.39, 0.29) is 18.4 Å². The van der Waals surface area contributed by atoms with Crippen molar-refractivity contribution in [3.05, 3.63) is 83.3 Å². The van der Waals surface area contributed by atoms with E-state index in [1.807, 2.05) is 12.1 Å². The molecule has 0 aliphatic carbocycles. The molecule has 1 fully saturated rings. The lowest BCUT2D eigenvalue weighted by atomic mass is 10.2. The Morgan fingerprint density at radius 3 is 2.09 bits per heavy atom. The summed E-state index contributed by atoms with van der Waals surface area (Å²) in [7, 11) is 3.17. The topological polar surface area (TPSA) is 77.1 Å². The third kappa shape index (κ3) is 6.00. The average molecular weight is 507 g/mol. The number of ether oxygens (including phenoxy) is 3. The summed E-state index contributed by atoms with van der Waals surface area (Å²) in [4.78, 5) is 27.1. The van der Waals surface area contributed by atoms with Crippen LogP contribution in [0.2, 0.25) is 0 Å². The number of hydrogen-bond acceptors (Lipinski definition) is 7. The minimum Gasteiger partial charge on any atom is -0.497 e. The molecule has 3 aromatic carbocycles. The van der Waals surface area contributed by atoms with Crippen LogP contribution in [0.3, 0.4) is 0 Å². The van der Waals surface area contributed by atoms with Crippen LogP contribution in [0.15, 0.2) is 77.7 Å². The molecule has 3 aromatic rings. The molecule has 0 spiro atoms. The molecule has 1 aliphatic rings. The minimum absolute atomic E-state index is 0.133. The Bertz CT molecular complexity index is 1260. The Hall–Kier alpha value is -3.82. The molecule has 2 amide bonds. The lowest BCUT2D eigenvalue weighted by molar-refractivity contribution is -0.118. The number of thiocarbonyl (C=S) groups is 1. The van der Waals surface area contributed by atoms with Crippen molar-refractivity contribution in [2.24, 2.45) is 0 Å². The van der Waals surface area contributed by atoms with Gasteiger partial charge in [-0.25, -0.2) is 0 Å². The zero-order chi connectivity index (χ0) is 24.8. The first kappa shape index (κ1) is 24.3. The number of hydrogen-bond donors (Lipinski definition) is 1. The predicted octanol–water partition coefficient (Wildman–Crippen LogP) is 5.13.